The second-order valence-electron chi connectivity index (χ2n) is 30.1. The molecule has 2 aromatic heterocycles. The lowest BCUT2D eigenvalue weighted by Gasteiger charge is -2.31. The first-order valence-corrected chi connectivity index (χ1v) is 37.8. The van der Waals surface area contributed by atoms with Gasteiger partial charge in [-0.05, 0) is 230 Å². The Bertz CT molecular complexity index is 6740. The van der Waals surface area contributed by atoms with E-state index in [1.54, 1.807) is 0 Å². The summed E-state index contributed by atoms with van der Waals surface area (Å²) in [4.78, 5) is 4.54. The van der Waals surface area contributed by atoms with Gasteiger partial charge in [-0.25, -0.2) is 0 Å². The largest absolute Gasteiger partial charge is 0.449 e. The van der Waals surface area contributed by atoms with Gasteiger partial charge in [0.1, 0.15) is 0 Å². The molecule has 1 unspecified atom stereocenters. The number of rotatable bonds is 12. The number of fused-ring (bicyclic) bond motifs is 16. The molecule has 0 saturated heterocycles. The van der Waals surface area contributed by atoms with Crippen molar-refractivity contribution in [1.82, 2.24) is 9.13 Å². The highest BCUT2D eigenvalue weighted by molar-refractivity contribution is 6.11. The van der Waals surface area contributed by atoms with Crippen LogP contribution in [0.25, 0.3) is 99.5 Å². The lowest BCUT2D eigenvalue weighted by molar-refractivity contribution is 0.359. The molecule has 110 heavy (non-hydrogen) atoms. The van der Waals surface area contributed by atoms with E-state index in [-0.39, 0.29) is 5.41 Å². The number of para-hydroxylation sites is 7. The van der Waals surface area contributed by atoms with Crippen molar-refractivity contribution >= 4 is 77.7 Å². The van der Waals surface area contributed by atoms with Gasteiger partial charge in [-0.3, -0.25) is 0 Å². The fraction of sp³-hybridized carbons (Fsp3) is 0.0588. The fourth-order valence-electron chi connectivity index (χ4n) is 18.2. The number of hydrogen-bond donors (Lipinski definition) is 0. The summed E-state index contributed by atoms with van der Waals surface area (Å²) >= 11 is 0. The highest BCUT2D eigenvalue weighted by atomic mass is 16.6. The van der Waals surface area contributed by atoms with Crippen LogP contribution in [-0.4, -0.2) is 9.13 Å². The third kappa shape index (κ3) is 9.85. The molecule has 0 spiro atoms. The molecule has 8 nitrogen and oxygen atoms in total. The molecule has 2 aliphatic carbocycles. The van der Waals surface area contributed by atoms with Gasteiger partial charge in [-0.2, -0.15) is 0 Å². The summed E-state index contributed by atoms with van der Waals surface area (Å²) in [7, 11) is 0. The van der Waals surface area contributed by atoms with Gasteiger partial charge in [0, 0.05) is 66.5 Å². The van der Waals surface area contributed by atoms with Crippen LogP contribution in [0.4, 0.5) is 34.1 Å². The average molecular weight is 1420 g/mol. The molecule has 1 atom stereocenters. The van der Waals surface area contributed by atoms with Crippen molar-refractivity contribution in [3.05, 3.63) is 386 Å². The Labute approximate surface area is 637 Å². The predicted molar refractivity (Wildman–Crippen MR) is 448 cm³/mol. The Hall–Kier alpha value is -14.1. The summed E-state index contributed by atoms with van der Waals surface area (Å²) < 4.78 is 32.9. The Morgan fingerprint density at radius 1 is 0.264 bits per heavy atom. The van der Waals surface area contributed by atoms with E-state index in [0.29, 0.717) is 46.0 Å². The molecule has 18 aromatic rings. The van der Waals surface area contributed by atoms with Crippen LogP contribution < -0.4 is 28.7 Å². The first kappa shape index (κ1) is 63.2. The van der Waals surface area contributed by atoms with Crippen molar-refractivity contribution in [2.24, 2.45) is 0 Å². The Morgan fingerprint density at radius 2 is 0.682 bits per heavy atom. The summed E-state index contributed by atoms with van der Waals surface area (Å²) in [6, 6.07) is 129. The number of benzene rings is 16. The maximum atomic E-state index is 7.29. The third-order valence-electron chi connectivity index (χ3n) is 23.5. The fourth-order valence-corrected chi connectivity index (χ4v) is 18.2. The van der Waals surface area contributed by atoms with Crippen LogP contribution in [0.15, 0.2) is 358 Å². The first-order chi connectivity index (χ1) is 54.1. The standard InChI is InChI=1S/C102H70N4O4/c1-101(2)83-34-15-10-29-75(83)80-59-95-97(61-85(80)101)109-99-91(39-21-41-93(99)107-95)103(69-24-6-4-7-25-69)71-52-45-66(46-53-71)68-49-56-90-82(58-68)79-33-14-19-38-89(79)106(90)72-50-43-64(44-51-72)63-102(3)84-35-16-11-30-76(84)81-60-96-98(62-86(81)102)110-100-92(40-22-42-94(100)108-96)104(70-26-8-5-9-27-70)74-28-20-23-67(57-74)65-47-54-73(55-48-65)105-87-36-17-12-31-77(87)78-32-13-18-37-88(78)105/h4-62H,63H2,1-3H3. The highest BCUT2D eigenvalue weighted by Crippen LogP contribution is 2.61. The first-order valence-electron chi connectivity index (χ1n) is 37.8. The minimum absolute atomic E-state index is 0.186. The molecule has 4 aliphatic rings. The quantitative estimate of drug-likeness (QED) is 0.122. The normalized spacial score (nSPS) is 14.4. The molecule has 0 N–H and O–H groups in total. The third-order valence-corrected chi connectivity index (χ3v) is 23.5. The summed E-state index contributed by atoms with van der Waals surface area (Å²) in [5.74, 6) is 5.45. The Kier molecular flexibility index (Phi) is 14.1. The summed E-state index contributed by atoms with van der Waals surface area (Å²) in [5.41, 5.74) is 27.6. The Balaban J connectivity index is 0.552. The molecule has 0 bridgehead atoms. The van der Waals surface area contributed by atoms with Crippen LogP contribution in [0, 0.1) is 0 Å². The number of hydrogen-bond acceptors (Lipinski definition) is 6. The maximum absolute atomic E-state index is 7.29. The number of anilines is 6. The number of nitrogens with zero attached hydrogens (tertiary/aromatic N) is 4. The molecular formula is C102H70N4O4. The minimum atomic E-state index is -0.408. The second-order valence-corrected chi connectivity index (χ2v) is 30.1. The summed E-state index contributed by atoms with van der Waals surface area (Å²) in [6.07, 6.45) is 0.762. The lowest BCUT2D eigenvalue weighted by atomic mass is 9.75. The van der Waals surface area contributed by atoms with E-state index in [0.717, 1.165) is 90.8 Å². The van der Waals surface area contributed by atoms with E-state index < -0.39 is 5.41 Å². The smallest absolute Gasteiger partial charge is 0.194 e. The van der Waals surface area contributed by atoms with Gasteiger partial charge in [0.05, 0.1) is 33.4 Å². The lowest BCUT2D eigenvalue weighted by Crippen LogP contribution is -2.24. The van der Waals surface area contributed by atoms with E-state index in [1.165, 1.54) is 77.1 Å². The van der Waals surface area contributed by atoms with Crippen molar-refractivity contribution < 1.29 is 18.9 Å². The minimum Gasteiger partial charge on any atom is -0.449 e. The van der Waals surface area contributed by atoms with E-state index >= 15 is 0 Å². The zero-order valence-electron chi connectivity index (χ0n) is 60.7. The van der Waals surface area contributed by atoms with Crippen molar-refractivity contribution in [3.63, 3.8) is 0 Å². The predicted octanol–water partition coefficient (Wildman–Crippen LogP) is 27.8. The van der Waals surface area contributed by atoms with Gasteiger partial charge in [0.25, 0.3) is 0 Å². The molecule has 522 valence electrons. The topological polar surface area (TPSA) is 53.3 Å². The van der Waals surface area contributed by atoms with Crippen LogP contribution in [0.1, 0.15) is 48.6 Å². The van der Waals surface area contributed by atoms with Gasteiger partial charge in [-0.15, -0.1) is 0 Å². The molecule has 2 aliphatic heterocycles. The van der Waals surface area contributed by atoms with E-state index in [1.807, 2.05) is 18.2 Å². The molecule has 0 saturated carbocycles. The zero-order chi connectivity index (χ0) is 72.9. The SMILES string of the molecule is CC1(C)c2ccccc2-c2cc3c(cc21)Oc1c(cccc1N(c1ccccc1)c1ccc(-c2ccc4c(c2)c2ccccc2n4-c2ccc(CC4(C)c5ccccc5-c5cc6c(cc54)Oc4c(cccc4N(c4ccccc4)c4cccc(-c5ccc(-n7c8ccccc8c8ccccc87)cc5)c4)O6)cc2)cc1)O3. The molecule has 4 heterocycles. The molecular weight excluding hydrogens is 1350 g/mol. The molecule has 8 heteroatoms. The van der Waals surface area contributed by atoms with Gasteiger partial charge < -0.3 is 37.9 Å². The van der Waals surface area contributed by atoms with Crippen LogP contribution >= 0.6 is 0 Å². The molecule has 0 fully saturated rings. The summed E-state index contributed by atoms with van der Waals surface area (Å²) in [6.45, 7) is 6.98. The number of aromatic nitrogens is 2. The van der Waals surface area contributed by atoms with E-state index in [4.69, 9.17) is 18.9 Å². The van der Waals surface area contributed by atoms with Crippen molar-refractivity contribution in [1.29, 1.82) is 0 Å². The Morgan fingerprint density at radius 3 is 1.27 bits per heavy atom. The highest BCUT2D eigenvalue weighted by Gasteiger charge is 2.43. The van der Waals surface area contributed by atoms with Gasteiger partial charge in [0.2, 0.25) is 0 Å². The molecule has 22 rings (SSSR count). The van der Waals surface area contributed by atoms with Crippen LogP contribution in [0.3, 0.4) is 0 Å². The van der Waals surface area contributed by atoms with Gasteiger partial charge in [0.15, 0.2) is 46.0 Å². The van der Waals surface area contributed by atoms with Crippen molar-refractivity contribution in [2.75, 3.05) is 9.80 Å². The van der Waals surface area contributed by atoms with Crippen molar-refractivity contribution in [3.8, 4) is 102 Å². The van der Waals surface area contributed by atoms with Crippen LogP contribution in [-0.2, 0) is 17.3 Å². The maximum Gasteiger partial charge on any atom is 0.194 e. The summed E-state index contributed by atoms with van der Waals surface area (Å²) in [5, 5.41) is 4.88. The van der Waals surface area contributed by atoms with Gasteiger partial charge in [-0.1, -0.05) is 227 Å². The van der Waals surface area contributed by atoms with E-state index in [2.05, 4.69) is 379 Å². The molecule has 0 amide bonds. The van der Waals surface area contributed by atoms with Crippen LogP contribution in [0.2, 0.25) is 0 Å². The van der Waals surface area contributed by atoms with Gasteiger partial charge >= 0.3 is 0 Å². The molecule has 0 radical (unpaired) electrons. The molecule has 16 aromatic carbocycles. The second kappa shape index (κ2) is 24.5. The van der Waals surface area contributed by atoms with Crippen LogP contribution in [0.5, 0.6) is 46.0 Å². The average Bonchev–Trinajstić information content (AvgIpc) is 1.59. The van der Waals surface area contributed by atoms with E-state index in [9.17, 15) is 0 Å². The van der Waals surface area contributed by atoms with Crippen molar-refractivity contribution in [2.45, 2.75) is 38.0 Å². The zero-order valence-corrected chi connectivity index (χ0v) is 60.7. The number of ether oxygens (including phenoxy) is 4. The monoisotopic (exact) mass is 1410 g/mol.